The fraction of sp³-hybridized carbons (Fsp3) is 0.318. The summed E-state index contributed by atoms with van der Waals surface area (Å²) in [6.45, 7) is 3.37. The number of nitrogens with zero attached hydrogens (tertiary/aromatic N) is 4. The molecule has 32 heavy (non-hydrogen) atoms. The monoisotopic (exact) mass is 461 g/mol. The molecule has 3 rings (SSSR count). The maximum absolute atomic E-state index is 14.6. The lowest BCUT2D eigenvalue weighted by Gasteiger charge is -2.37. The van der Waals surface area contributed by atoms with Gasteiger partial charge in [-0.3, -0.25) is 9.80 Å². The van der Waals surface area contributed by atoms with Gasteiger partial charge in [0.15, 0.2) is 0 Å². The SMILES string of the molecule is CC(N)=NN(C)CCC1(c2ccccc2)SC(c2cc(F)ccc2F)=NN1C(=O)[C@H](C)O. The van der Waals surface area contributed by atoms with Crippen molar-refractivity contribution in [3.05, 3.63) is 71.3 Å². The summed E-state index contributed by atoms with van der Waals surface area (Å²) in [5, 5.41) is 21.6. The number of thioether (sulfide) groups is 1. The minimum Gasteiger partial charge on any atom is -0.386 e. The molecule has 1 amide bonds. The Morgan fingerprint density at radius 1 is 1.31 bits per heavy atom. The van der Waals surface area contributed by atoms with Crippen molar-refractivity contribution in [1.82, 2.24) is 10.0 Å². The zero-order valence-electron chi connectivity index (χ0n) is 18.0. The third-order valence-electron chi connectivity index (χ3n) is 4.85. The molecule has 0 saturated heterocycles. The minimum atomic E-state index is -1.35. The summed E-state index contributed by atoms with van der Waals surface area (Å²) in [5.41, 5.74) is 6.33. The van der Waals surface area contributed by atoms with E-state index in [4.69, 9.17) is 5.73 Å². The number of benzene rings is 2. The van der Waals surface area contributed by atoms with Gasteiger partial charge in [0.05, 0.1) is 0 Å². The largest absolute Gasteiger partial charge is 0.386 e. The number of hydrazone groups is 2. The van der Waals surface area contributed by atoms with Crippen molar-refractivity contribution in [1.29, 1.82) is 0 Å². The maximum Gasteiger partial charge on any atom is 0.272 e. The molecule has 1 aliphatic rings. The van der Waals surface area contributed by atoms with Gasteiger partial charge in [-0.1, -0.05) is 42.1 Å². The minimum absolute atomic E-state index is 0.0552. The normalized spacial score (nSPS) is 19.6. The Balaban J connectivity index is 2.11. The number of aliphatic hydroxyl groups excluding tert-OH is 1. The Labute approximate surface area is 189 Å². The lowest BCUT2D eigenvalue weighted by molar-refractivity contribution is -0.143. The quantitative estimate of drug-likeness (QED) is 0.376. The molecule has 2 aromatic carbocycles. The van der Waals surface area contributed by atoms with Gasteiger partial charge < -0.3 is 10.8 Å². The van der Waals surface area contributed by atoms with Gasteiger partial charge in [-0.15, -0.1) is 0 Å². The third kappa shape index (κ3) is 4.91. The van der Waals surface area contributed by atoms with Crippen molar-refractivity contribution in [3.8, 4) is 0 Å². The van der Waals surface area contributed by atoms with Gasteiger partial charge >= 0.3 is 0 Å². The van der Waals surface area contributed by atoms with Gasteiger partial charge in [-0.05, 0) is 37.6 Å². The lowest BCUT2D eigenvalue weighted by atomic mass is 10.0. The summed E-state index contributed by atoms with van der Waals surface area (Å²) in [6, 6.07) is 12.2. The van der Waals surface area contributed by atoms with E-state index in [0.29, 0.717) is 18.8 Å². The number of hydrogen-bond donors (Lipinski definition) is 2. The number of carbonyl (C=O) groups excluding carboxylic acids is 1. The van der Waals surface area contributed by atoms with Gasteiger partial charge in [0.1, 0.15) is 33.5 Å². The molecule has 1 aliphatic heterocycles. The highest BCUT2D eigenvalue weighted by molar-refractivity contribution is 8.15. The van der Waals surface area contributed by atoms with Gasteiger partial charge in [0.2, 0.25) is 0 Å². The highest BCUT2D eigenvalue weighted by atomic mass is 32.2. The molecule has 0 spiro atoms. The topological polar surface area (TPSA) is 94.5 Å². The van der Waals surface area contributed by atoms with Crippen LogP contribution in [0.25, 0.3) is 0 Å². The third-order valence-corrected chi connectivity index (χ3v) is 6.30. The summed E-state index contributed by atoms with van der Waals surface area (Å²) in [4.78, 5) is 11.9. The van der Waals surface area contributed by atoms with Crippen molar-refractivity contribution >= 4 is 28.5 Å². The molecule has 0 aromatic heterocycles. The van der Waals surface area contributed by atoms with Crippen LogP contribution in [0.15, 0.2) is 58.7 Å². The first-order valence-corrected chi connectivity index (χ1v) is 10.8. The second kappa shape index (κ2) is 9.66. The van der Waals surface area contributed by atoms with E-state index in [0.717, 1.165) is 35.5 Å². The molecule has 2 atom stereocenters. The zero-order valence-corrected chi connectivity index (χ0v) is 18.8. The van der Waals surface area contributed by atoms with Crippen LogP contribution in [-0.2, 0) is 9.67 Å². The van der Waals surface area contributed by atoms with E-state index < -0.39 is 28.5 Å². The molecule has 0 bridgehead atoms. The lowest BCUT2D eigenvalue weighted by Crippen LogP contribution is -2.46. The number of rotatable bonds is 7. The standard InChI is InChI=1S/C22H25F2N5O2S/c1-14(30)21(31)29-22(16-7-5-4-6-8-16,11-12-28(3)26-15(2)25)32-20(27-29)18-13-17(23)9-10-19(18)24/h4-10,13-14,30H,11-12H2,1-3H3,(H2,25,26)/t14-,22?/m0/s1. The predicted octanol–water partition coefficient (Wildman–Crippen LogP) is 3.05. The molecule has 1 unspecified atom stereocenters. The summed E-state index contributed by atoms with van der Waals surface area (Å²) in [5.74, 6) is -1.57. The first-order chi connectivity index (χ1) is 15.1. The molecule has 10 heteroatoms. The van der Waals surface area contributed by atoms with Crippen LogP contribution >= 0.6 is 11.8 Å². The van der Waals surface area contributed by atoms with Crippen molar-refractivity contribution in [2.75, 3.05) is 13.6 Å². The van der Waals surface area contributed by atoms with Gasteiger partial charge in [0.25, 0.3) is 5.91 Å². The summed E-state index contributed by atoms with van der Waals surface area (Å²) >= 11 is 1.13. The number of aliphatic hydroxyl groups is 1. The maximum atomic E-state index is 14.6. The van der Waals surface area contributed by atoms with Gasteiger partial charge in [-0.2, -0.15) is 10.2 Å². The van der Waals surface area contributed by atoms with Crippen LogP contribution in [0.2, 0.25) is 0 Å². The Morgan fingerprint density at radius 3 is 2.62 bits per heavy atom. The average molecular weight is 462 g/mol. The van der Waals surface area contributed by atoms with Crippen molar-refractivity contribution < 1.29 is 18.7 Å². The van der Waals surface area contributed by atoms with E-state index in [1.54, 1.807) is 19.0 Å². The first kappa shape index (κ1) is 23.7. The van der Waals surface area contributed by atoms with E-state index in [9.17, 15) is 18.7 Å². The number of amidine groups is 1. The number of carbonyl (C=O) groups is 1. The van der Waals surface area contributed by atoms with Crippen LogP contribution in [0, 0.1) is 11.6 Å². The molecular weight excluding hydrogens is 436 g/mol. The Kier molecular flexibility index (Phi) is 7.15. The Morgan fingerprint density at radius 2 is 2.00 bits per heavy atom. The van der Waals surface area contributed by atoms with E-state index in [1.165, 1.54) is 11.9 Å². The first-order valence-electron chi connectivity index (χ1n) is 9.96. The molecule has 1 heterocycles. The highest BCUT2D eigenvalue weighted by Crippen LogP contribution is 2.50. The number of hydrogen-bond acceptors (Lipinski definition) is 6. The van der Waals surface area contributed by atoms with Crippen LogP contribution in [0.5, 0.6) is 0 Å². The molecule has 0 radical (unpaired) electrons. The number of halogens is 2. The smallest absolute Gasteiger partial charge is 0.272 e. The zero-order chi connectivity index (χ0) is 23.5. The molecule has 170 valence electrons. The van der Waals surface area contributed by atoms with Crippen molar-refractivity contribution in [3.63, 3.8) is 0 Å². The highest BCUT2D eigenvalue weighted by Gasteiger charge is 2.49. The molecule has 7 nitrogen and oxygen atoms in total. The molecular formula is C22H25F2N5O2S. The second-order valence-corrected chi connectivity index (χ2v) is 8.75. The van der Waals surface area contributed by atoms with Crippen LogP contribution in [0.1, 0.15) is 31.4 Å². The van der Waals surface area contributed by atoms with Crippen molar-refractivity contribution in [2.45, 2.75) is 31.2 Å². The fourth-order valence-electron chi connectivity index (χ4n) is 3.38. The molecule has 0 fully saturated rings. The number of nitrogens with two attached hydrogens (primary N) is 1. The van der Waals surface area contributed by atoms with Crippen LogP contribution in [0.3, 0.4) is 0 Å². The summed E-state index contributed by atoms with van der Waals surface area (Å²) < 4.78 is 28.5. The molecule has 0 aliphatic carbocycles. The Bertz CT molecular complexity index is 1040. The molecule has 2 aromatic rings. The predicted molar refractivity (Wildman–Crippen MR) is 122 cm³/mol. The van der Waals surface area contributed by atoms with Gasteiger partial charge in [-0.25, -0.2) is 13.8 Å². The van der Waals surface area contributed by atoms with E-state index in [-0.39, 0.29) is 10.6 Å². The Hall–Kier alpha value is -2.98. The molecule has 0 saturated carbocycles. The van der Waals surface area contributed by atoms with Crippen LogP contribution < -0.4 is 5.73 Å². The van der Waals surface area contributed by atoms with Crippen LogP contribution in [-0.4, -0.2) is 51.6 Å². The fourth-order valence-corrected chi connectivity index (χ4v) is 4.76. The second-order valence-electron chi connectivity index (χ2n) is 7.48. The van der Waals surface area contributed by atoms with Crippen molar-refractivity contribution in [2.24, 2.45) is 15.9 Å². The number of amides is 1. The van der Waals surface area contributed by atoms with E-state index in [1.807, 2.05) is 30.3 Å². The van der Waals surface area contributed by atoms with E-state index in [2.05, 4.69) is 10.2 Å². The average Bonchev–Trinajstić information content (AvgIpc) is 3.14. The van der Waals surface area contributed by atoms with Crippen LogP contribution in [0.4, 0.5) is 8.78 Å². The summed E-state index contributed by atoms with van der Waals surface area (Å²) in [7, 11) is 1.74. The summed E-state index contributed by atoms with van der Waals surface area (Å²) in [6.07, 6.45) is -1.03. The van der Waals surface area contributed by atoms with Gasteiger partial charge in [0, 0.05) is 25.6 Å². The van der Waals surface area contributed by atoms with E-state index >= 15 is 0 Å². The molecule has 3 N–H and O–H groups in total.